The Bertz CT molecular complexity index is 488. The molecule has 0 unspecified atom stereocenters. The predicted octanol–water partition coefficient (Wildman–Crippen LogP) is 0.494. The molecule has 116 valence electrons. The van der Waals surface area contributed by atoms with Crippen LogP contribution in [0.1, 0.15) is 29.8 Å². The fourth-order valence-electron chi connectivity index (χ4n) is 1.92. The smallest absolute Gasteiger partial charge is 0.265 e. The van der Waals surface area contributed by atoms with Crippen LogP contribution in [0, 0.1) is 5.92 Å². The number of carbonyl (C=O) groups excluding carboxylic acids is 2. The maximum atomic E-state index is 11.8. The number of hydrogen-bond acceptors (Lipinski definition) is 4. The molecule has 6 nitrogen and oxygen atoms in total. The molecule has 2 amide bonds. The monoisotopic (exact) mass is 292 g/mol. The Balaban J connectivity index is 2.61. The summed E-state index contributed by atoms with van der Waals surface area (Å²) in [6.07, 6.45) is 0. The van der Waals surface area contributed by atoms with Gasteiger partial charge in [-0.3, -0.25) is 19.9 Å². The summed E-state index contributed by atoms with van der Waals surface area (Å²) in [7, 11) is 1.84. The largest absolute Gasteiger partial charge is 0.355 e. The molecule has 6 heteroatoms. The molecule has 0 aliphatic carbocycles. The Labute approximate surface area is 125 Å². The summed E-state index contributed by atoms with van der Waals surface area (Å²) < 4.78 is 0. The third-order valence-corrected chi connectivity index (χ3v) is 2.95. The van der Waals surface area contributed by atoms with Gasteiger partial charge in [0.15, 0.2) is 0 Å². The van der Waals surface area contributed by atoms with Crippen LogP contribution in [0.15, 0.2) is 24.3 Å². The number of benzene rings is 1. The molecule has 0 saturated heterocycles. The van der Waals surface area contributed by atoms with Gasteiger partial charge in [0, 0.05) is 18.7 Å². The maximum absolute atomic E-state index is 11.8. The molecule has 21 heavy (non-hydrogen) atoms. The summed E-state index contributed by atoms with van der Waals surface area (Å²) in [5.74, 6) is 5.25. The molecule has 0 aromatic heterocycles. The fraction of sp³-hybridized carbons (Fsp3) is 0.467. The zero-order valence-corrected chi connectivity index (χ0v) is 12.8. The van der Waals surface area contributed by atoms with E-state index in [2.05, 4.69) is 10.7 Å². The van der Waals surface area contributed by atoms with Crippen molar-refractivity contribution >= 4 is 11.8 Å². The van der Waals surface area contributed by atoms with Gasteiger partial charge in [0.1, 0.15) is 0 Å². The van der Waals surface area contributed by atoms with Crippen LogP contribution in [0.3, 0.4) is 0 Å². The first-order chi connectivity index (χ1) is 9.93. The lowest BCUT2D eigenvalue weighted by molar-refractivity contribution is -0.122. The molecular weight excluding hydrogens is 268 g/mol. The molecule has 0 spiro atoms. The first-order valence-electron chi connectivity index (χ1n) is 6.98. The Morgan fingerprint density at radius 3 is 2.57 bits per heavy atom. The van der Waals surface area contributed by atoms with Crippen LogP contribution in [-0.2, 0) is 11.3 Å². The molecule has 1 rings (SSSR count). The quantitative estimate of drug-likeness (QED) is 0.388. The Kier molecular flexibility index (Phi) is 6.84. The number of likely N-dealkylation sites (N-methyl/N-ethyl adjacent to an activating group) is 1. The number of nitrogens with two attached hydrogens (primary N) is 1. The molecule has 0 saturated carbocycles. The van der Waals surface area contributed by atoms with Gasteiger partial charge in [-0.05, 0) is 24.6 Å². The molecule has 0 radical (unpaired) electrons. The number of hydrazine groups is 1. The number of nitrogens with one attached hydrogen (secondary N) is 2. The van der Waals surface area contributed by atoms with Crippen LogP contribution in [-0.4, -0.2) is 36.9 Å². The lowest BCUT2D eigenvalue weighted by atomic mass is 10.1. The summed E-state index contributed by atoms with van der Waals surface area (Å²) >= 11 is 0. The summed E-state index contributed by atoms with van der Waals surface area (Å²) in [5.41, 5.74) is 3.49. The zero-order chi connectivity index (χ0) is 15.8. The third-order valence-electron chi connectivity index (χ3n) is 2.95. The highest BCUT2D eigenvalue weighted by atomic mass is 16.2. The molecule has 0 fully saturated rings. The number of amides is 2. The minimum Gasteiger partial charge on any atom is -0.355 e. The molecule has 0 atom stereocenters. The second kappa shape index (κ2) is 8.39. The lowest BCUT2D eigenvalue weighted by Crippen LogP contribution is -2.37. The Hall–Kier alpha value is -1.92. The van der Waals surface area contributed by atoms with E-state index in [0.717, 1.165) is 5.56 Å². The van der Waals surface area contributed by atoms with Crippen molar-refractivity contribution < 1.29 is 9.59 Å². The van der Waals surface area contributed by atoms with Crippen molar-refractivity contribution in [2.75, 3.05) is 20.1 Å². The van der Waals surface area contributed by atoms with Crippen LogP contribution in [0.4, 0.5) is 0 Å². The second-order valence-electron chi connectivity index (χ2n) is 5.50. The van der Waals surface area contributed by atoms with E-state index < -0.39 is 0 Å². The van der Waals surface area contributed by atoms with E-state index in [1.165, 1.54) is 0 Å². The van der Waals surface area contributed by atoms with Gasteiger partial charge in [-0.2, -0.15) is 0 Å². The minimum atomic E-state index is -0.330. The first-order valence-corrected chi connectivity index (χ1v) is 6.98. The standard InChI is InChI=1S/C15H24N4O2/c1-11(2)8-17-14(20)10-19(3)9-12-6-4-5-7-13(12)15(21)18-16/h4-7,11H,8-10,16H2,1-3H3,(H,17,20)(H,18,21). The number of carbonyl (C=O) groups is 2. The fourth-order valence-corrected chi connectivity index (χ4v) is 1.92. The highest BCUT2D eigenvalue weighted by Gasteiger charge is 2.13. The van der Waals surface area contributed by atoms with Crippen molar-refractivity contribution in [3.8, 4) is 0 Å². The van der Waals surface area contributed by atoms with Crippen LogP contribution >= 0.6 is 0 Å². The number of nitrogens with zero attached hydrogens (tertiary/aromatic N) is 1. The van der Waals surface area contributed by atoms with Crippen LogP contribution < -0.4 is 16.6 Å². The van der Waals surface area contributed by atoms with Gasteiger partial charge < -0.3 is 5.32 Å². The van der Waals surface area contributed by atoms with Crippen LogP contribution in [0.2, 0.25) is 0 Å². The minimum absolute atomic E-state index is 0.0213. The van der Waals surface area contributed by atoms with Crippen molar-refractivity contribution in [2.24, 2.45) is 11.8 Å². The molecular formula is C15H24N4O2. The number of nitrogen functional groups attached to an aromatic ring is 1. The van der Waals surface area contributed by atoms with E-state index in [9.17, 15) is 9.59 Å². The van der Waals surface area contributed by atoms with Crippen molar-refractivity contribution in [3.63, 3.8) is 0 Å². The highest BCUT2D eigenvalue weighted by Crippen LogP contribution is 2.10. The van der Waals surface area contributed by atoms with Gasteiger partial charge >= 0.3 is 0 Å². The molecule has 0 bridgehead atoms. The van der Waals surface area contributed by atoms with Gasteiger partial charge in [0.05, 0.1) is 6.54 Å². The van der Waals surface area contributed by atoms with Crippen molar-refractivity contribution in [3.05, 3.63) is 35.4 Å². The zero-order valence-electron chi connectivity index (χ0n) is 12.8. The van der Waals surface area contributed by atoms with Crippen LogP contribution in [0.25, 0.3) is 0 Å². The molecule has 4 N–H and O–H groups in total. The van der Waals surface area contributed by atoms with Crippen molar-refractivity contribution in [1.82, 2.24) is 15.6 Å². The Morgan fingerprint density at radius 1 is 1.29 bits per heavy atom. The molecule has 1 aromatic carbocycles. The second-order valence-corrected chi connectivity index (χ2v) is 5.50. The summed E-state index contributed by atoms with van der Waals surface area (Å²) in [6, 6.07) is 7.20. The average molecular weight is 292 g/mol. The van der Waals surface area contributed by atoms with Gasteiger partial charge in [-0.25, -0.2) is 5.84 Å². The number of rotatable bonds is 7. The Morgan fingerprint density at radius 2 is 1.95 bits per heavy atom. The average Bonchev–Trinajstić information content (AvgIpc) is 2.44. The van der Waals surface area contributed by atoms with Gasteiger partial charge in [-0.15, -0.1) is 0 Å². The van der Waals surface area contributed by atoms with Gasteiger partial charge in [-0.1, -0.05) is 32.0 Å². The molecule has 0 heterocycles. The van der Waals surface area contributed by atoms with Crippen molar-refractivity contribution in [2.45, 2.75) is 20.4 Å². The van der Waals surface area contributed by atoms with Gasteiger partial charge in [0.2, 0.25) is 5.91 Å². The normalized spacial score (nSPS) is 10.8. The molecule has 0 aliphatic rings. The summed E-state index contributed by atoms with van der Waals surface area (Å²) in [4.78, 5) is 25.3. The first kappa shape index (κ1) is 17.1. The highest BCUT2D eigenvalue weighted by molar-refractivity contribution is 5.95. The van der Waals surface area contributed by atoms with Crippen molar-refractivity contribution in [1.29, 1.82) is 0 Å². The molecule has 1 aromatic rings. The van der Waals surface area contributed by atoms with E-state index >= 15 is 0 Å². The van der Waals surface area contributed by atoms with E-state index in [4.69, 9.17) is 5.84 Å². The van der Waals surface area contributed by atoms with E-state index in [0.29, 0.717) is 24.6 Å². The van der Waals surface area contributed by atoms with E-state index in [1.807, 2.05) is 37.9 Å². The SMILES string of the molecule is CC(C)CNC(=O)CN(C)Cc1ccccc1C(=O)NN. The maximum Gasteiger partial charge on any atom is 0.265 e. The topological polar surface area (TPSA) is 87.5 Å². The third kappa shape index (κ3) is 5.93. The molecule has 0 aliphatic heterocycles. The summed E-state index contributed by atoms with van der Waals surface area (Å²) in [5, 5.41) is 2.87. The van der Waals surface area contributed by atoms with Crippen LogP contribution in [0.5, 0.6) is 0 Å². The van der Waals surface area contributed by atoms with E-state index in [1.54, 1.807) is 12.1 Å². The predicted molar refractivity (Wildman–Crippen MR) is 82.3 cm³/mol. The summed E-state index contributed by atoms with van der Waals surface area (Å²) in [6.45, 7) is 5.54. The van der Waals surface area contributed by atoms with E-state index in [-0.39, 0.29) is 18.4 Å². The number of hydrogen-bond donors (Lipinski definition) is 3. The lowest BCUT2D eigenvalue weighted by Gasteiger charge is -2.18. The van der Waals surface area contributed by atoms with Gasteiger partial charge in [0.25, 0.3) is 5.91 Å².